The van der Waals surface area contributed by atoms with E-state index in [1.54, 1.807) is 0 Å². The lowest BCUT2D eigenvalue weighted by Crippen LogP contribution is -2.15. The Balaban J connectivity index is 2.33. The maximum absolute atomic E-state index is 6.10. The number of fused-ring (bicyclic) bond motifs is 3. The molecule has 0 radical (unpaired) electrons. The summed E-state index contributed by atoms with van der Waals surface area (Å²) in [6, 6.07) is 8.22. The lowest BCUT2D eigenvalue weighted by atomic mass is 9.87. The van der Waals surface area contributed by atoms with Crippen LogP contribution in [-0.2, 0) is 12.8 Å². The average Bonchev–Trinajstić information content (AvgIpc) is 2.39. The van der Waals surface area contributed by atoms with Crippen molar-refractivity contribution in [2.45, 2.75) is 12.8 Å². The minimum atomic E-state index is 0.466. The number of hydrazine groups is 1. The first-order valence-corrected chi connectivity index (χ1v) is 5.79. The van der Waals surface area contributed by atoms with Crippen molar-refractivity contribution in [1.82, 2.24) is 10.2 Å². The van der Waals surface area contributed by atoms with Gasteiger partial charge in [-0.25, -0.2) is 5.84 Å². The number of anilines is 1. The SMILES string of the molecule is NNc1nnc(Cl)c2c1-c1ccccc1CC2. The van der Waals surface area contributed by atoms with E-state index in [0.717, 1.165) is 29.5 Å². The molecule has 2 aromatic rings. The van der Waals surface area contributed by atoms with Gasteiger partial charge in [-0.15, -0.1) is 10.2 Å². The quantitative estimate of drug-likeness (QED) is 0.598. The molecule has 0 bridgehead atoms. The van der Waals surface area contributed by atoms with Crippen molar-refractivity contribution in [1.29, 1.82) is 0 Å². The molecule has 4 nitrogen and oxygen atoms in total. The van der Waals surface area contributed by atoms with Crippen LogP contribution in [-0.4, -0.2) is 10.2 Å². The van der Waals surface area contributed by atoms with E-state index in [0.29, 0.717) is 11.0 Å². The number of nitrogen functional groups attached to an aromatic ring is 1. The second kappa shape index (κ2) is 3.98. The lowest BCUT2D eigenvalue weighted by Gasteiger charge is -2.21. The Bertz CT molecular complexity index is 583. The Morgan fingerprint density at radius 1 is 1.18 bits per heavy atom. The predicted octanol–water partition coefficient (Wildman–Crippen LogP) is 2.18. The number of rotatable bonds is 1. The minimum Gasteiger partial charge on any atom is -0.306 e. The van der Waals surface area contributed by atoms with Crippen molar-refractivity contribution in [3.05, 3.63) is 40.5 Å². The fraction of sp³-hybridized carbons (Fsp3) is 0.167. The molecule has 0 spiro atoms. The summed E-state index contributed by atoms with van der Waals surface area (Å²) < 4.78 is 0. The molecule has 3 rings (SSSR count). The summed E-state index contributed by atoms with van der Waals surface area (Å²) in [6.07, 6.45) is 1.84. The van der Waals surface area contributed by atoms with E-state index in [2.05, 4.69) is 27.8 Å². The molecule has 0 fully saturated rings. The molecule has 1 aliphatic carbocycles. The first-order chi connectivity index (χ1) is 8.31. The number of aryl methyl sites for hydroxylation is 1. The molecule has 0 saturated carbocycles. The first kappa shape index (κ1) is 10.5. The molecule has 3 N–H and O–H groups in total. The monoisotopic (exact) mass is 246 g/mol. The van der Waals surface area contributed by atoms with Gasteiger partial charge in [-0.1, -0.05) is 35.9 Å². The molecule has 0 unspecified atom stereocenters. The van der Waals surface area contributed by atoms with Crippen LogP contribution < -0.4 is 11.3 Å². The number of nitrogens with one attached hydrogen (secondary N) is 1. The van der Waals surface area contributed by atoms with Gasteiger partial charge < -0.3 is 5.43 Å². The van der Waals surface area contributed by atoms with Crippen molar-refractivity contribution < 1.29 is 0 Å². The highest BCUT2D eigenvalue weighted by molar-refractivity contribution is 6.30. The standard InChI is InChI=1S/C12H11ClN4/c13-11-9-6-5-7-3-1-2-4-8(7)10(9)12(15-14)17-16-11/h1-4H,5-6,14H2,(H,15,17). The summed E-state index contributed by atoms with van der Waals surface area (Å²) in [4.78, 5) is 0. The number of nitrogens with zero attached hydrogens (tertiary/aromatic N) is 2. The third-order valence-corrected chi connectivity index (χ3v) is 3.40. The maximum Gasteiger partial charge on any atom is 0.170 e. The molecule has 0 atom stereocenters. The van der Waals surface area contributed by atoms with E-state index in [1.165, 1.54) is 5.56 Å². The van der Waals surface area contributed by atoms with Gasteiger partial charge in [-0.3, -0.25) is 0 Å². The Kier molecular flexibility index (Phi) is 2.46. The normalized spacial score (nSPS) is 12.8. The Morgan fingerprint density at radius 3 is 2.82 bits per heavy atom. The number of hydrogen-bond acceptors (Lipinski definition) is 4. The smallest absolute Gasteiger partial charge is 0.170 e. The van der Waals surface area contributed by atoms with Crippen LogP contribution in [0.15, 0.2) is 24.3 Å². The zero-order valence-corrected chi connectivity index (χ0v) is 9.83. The largest absolute Gasteiger partial charge is 0.306 e. The lowest BCUT2D eigenvalue weighted by molar-refractivity contribution is 0.901. The van der Waals surface area contributed by atoms with Gasteiger partial charge in [0.1, 0.15) is 0 Å². The minimum absolute atomic E-state index is 0.466. The molecule has 17 heavy (non-hydrogen) atoms. The van der Waals surface area contributed by atoms with Gasteiger partial charge in [0.05, 0.1) is 0 Å². The van der Waals surface area contributed by atoms with Crippen LogP contribution in [0.4, 0.5) is 5.82 Å². The highest BCUT2D eigenvalue weighted by atomic mass is 35.5. The fourth-order valence-electron chi connectivity index (χ4n) is 2.31. The third kappa shape index (κ3) is 1.57. The van der Waals surface area contributed by atoms with Gasteiger partial charge in [0, 0.05) is 11.1 Å². The summed E-state index contributed by atoms with van der Waals surface area (Å²) in [5.41, 5.74) is 7.02. The van der Waals surface area contributed by atoms with Gasteiger partial charge in [-0.05, 0) is 24.0 Å². The Labute approximate surface area is 104 Å². The number of aromatic nitrogens is 2. The number of hydrogen-bond donors (Lipinski definition) is 2. The molecule has 5 heteroatoms. The molecule has 0 amide bonds. The molecule has 1 heterocycles. The van der Waals surface area contributed by atoms with Crippen molar-refractivity contribution in [3.8, 4) is 11.1 Å². The van der Waals surface area contributed by atoms with Gasteiger partial charge in [0.25, 0.3) is 0 Å². The van der Waals surface area contributed by atoms with Crippen LogP contribution in [0.2, 0.25) is 5.15 Å². The van der Waals surface area contributed by atoms with E-state index < -0.39 is 0 Å². The molecular weight excluding hydrogens is 236 g/mol. The summed E-state index contributed by atoms with van der Waals surface area (Å²) >= 11 is 6.10. The van der Waals surface area contributed by atoms with Crippen LogP contribution in [0, 0.1) is 0 Å². The van der Waals surface area contributed by atoms with E-state index in [9.17, 15) is 0 Å². The van der Waals surface area contributed by atoms with Gasteiger partial charge >= 0.3 is 0 Å². The number of nitrogens with two attached hydrogens (primary N) is 1. The van der Waals surface area contributed by atoms with E-state index in [4.69, 9.17) is 17.4 Å². The highest BCUT2D eigenvalue weighted by Crippen LogP contribution is 2.39. The molecule has 0 saturated heterocycles. The van der Waals surface area contributed by atoms with Crippen LogP contribution in [0.5, 0.6) is 0 Å². The third-order valence-electron chi connectivity index (χ3n) is 3.09. The fourth-order valence-corrected chi connectivity index (χ4v) is 2.54. The summed E-state index contributed by atoms with van der Waals surface area (Å²) in [5.74, 6) is 6.07. The second-order valence-corrected chi connectivity index (χ2v) is 4.35. The maximum atomic E-state index is 6.10. The van der Waals surface area contributed by atoms with Crippen LogP contribution in [0.25, 0.3) is 11.1 Å². The van der Waals surface area contributed by atoms with Crippen molar-refractivity contribution in [2.24, 2.45) is 5.84 Å². The zero-order valence-electron chi connectivity index (χ0n) is 9.07. The second-order valence-electron chi connectivity index (χ2n) is 3.99. The summed E-state index contributed by atoms with van der Waals surface area (Å²) in [6.45, 7) is 0. The molecule has 86 valence electrons. The Hall–Kier alpha value is -1.65. The van der Waals surface area contributed by atoms with Crippen molar-refractivity contribution in [2.75, 3.05) is 5.43 Å². The van der Waals surface area contributed by atoms with Gasteiger partial charge in [0.2, 0.25) is 0 Å². The molecule has 1 aliphatic rings. The predicted molar refractivity (Wildman–Crippen MR) is 67.7 cm³/mol. The first-order valence-electron chi connectivity index (χ1n) is 5.41. The molecular formula is C12H11ClN4. The highest BCUT2D eigenvalue weighted by Gasteiger charge is 2.22. The van der Waals surface area contributed by atoms with Crippen molar-refractivity contribution >= 4 is 17.4 Å². The summed E-state index contributed by atoms with van der Waals surface area (Å²) in [7, 11) is 0. The van der Waals surface area contributed by atoms with Crippen LogP contribution in [0.3, 0.4) is 0 Å². The molecule has 1 aromatic carbocycles. The van der Waals surface area contributed by atoms with Crippen LogP contribution >= 0.6 is 11.6 Å². The average molecular weight is 247 g/mol. The van der Waals surface area contributed by atoms with Crippen molar-refractivity contribution in [3.63, 3.8) is 0 Å². The number of halogens is 1. The topological polar surface area (TPSA) is 63.8 Å². The van der Waals surface area contributed by atoms with E-state index in [1.807, 2.05) is 12.1 Å². The zero-order chi connectivity index (χ0) is 11.8. The Morgan fingerprint density at radius 2 is 2.00 bits per heavy atom. The van der Waals surface area contributed by atoms with Gasteiger partial charge in [0.15, 0.2) is 11.0 Å². The van der Waals surface area contributed by atoms with E-state index in [-0.39, 0.29) is 0 Å². The number of benzene rings is 1. The van der Waals surface area contributed by atoms with Crippen LogP contribution in [0.1, 0.15) is 11.1 Å². The molecule has 0 aliphatic heterocycles. The van der Waals surface area contributed by atoms with E-state index >= 15 is 0 Å². The van der Waals surface area contributed by atoms with Gasteiger partial charge in [-0.2, -0.15) is 0 Å². The summed E-state index contributed by atoms with van der Waals surface area (Å²) in [5, 5.41) is 8.37. The molecule has 1 aromatic heterocycles.